The Hall–Kier alpha value is -0.590. The summed E-state index contributed by atoms with van der Waals surface area (Å²) in [5, 5.41) is 0. The summed E-state index contributed by atoms with van der Waals surface area (Å²) in [6, 6.07) is 0. The molecule has 0 saturated carbocycles. The minimum atomic E-state index is 0.177. The Morgan fingerprint density at radius 3 is 2.42 bits per heavy atom. The molecule has 0 heterocycles. The monoisotopic (exact) mass is 167 g/mol. The lowest BCUT2D eigenvalue weighted by Crippen LogP contribution is -2.12. The van der Waals surface area contributed by atoms with Crippen molar-refractivity contribution >= 4 is 6.21 Å². The topological polar surface area (TPSA) is 12.4 Å². The molecule has 0 amide bonds. The van der Waals surface area contributed by atoms with Crippen LogP contribution < -0.4 is 0 Å². The minimum absolute atomic E-state index is 0.177. The number of hydrogen-bond donors (Lipinski definition) is 0. The zero-order valence-corrected chi connectivity index (χ0v) is 8.80. The number of hydrogen-bond acceptors (Lipinski definition) is 1. The van der Waals surface area contributed by atoms with Crippen LogP contribution in [0.5, 0.6) is 0 Å². The van der Waals surface area contributed by atoms with Gasteiger partial charge in [-0.3, -0.25) is 4.99 Å². The van der Waals surface area contributed by atoms with Gasteiger partial charge in [0.1, 0.15) is 0 Å². The van der Waals surface area contributed by atoms with Gasteiger partial charge in [-0.25, -0.2) is 0 Å². The summed E-state index contributed by atoms with van der Waals surface area (Å²) in [7, 11) is 0. The Morgan fingerprint density at radius 2 is 2.00 bits per heavy atom. The molecule has 0 aliphatic heterocycles. The molecule has 0 spiro atoms. The summed E-state index contributed by atoms with van der Waals surface area (Å²) in [6.07, 6.45) is 4.99. The second-order valence-electron chi connectivity index (χ2n) is 4.37. The maximum absolute atomic E-state index is 4.39. The number of nitrogens with zero attached hydrogens (tertiary/aromatic N) is 1. The molecule has 0 aliphatic rings. The average Bonchev–Trinajstić information content (AvgIpc) is 1.85. The van der Waals surface area contributed by atoms with Crippen molar-refractivity contribution in [3.8, 4) is 0 Å². The van der Waals surface area contributed by atoms with Crippen LogP contribution in [-0.4, -0.2) is 12.8 Å². The van der Waals surface area contributed by atoms with E-state index in [-0.39, 0.29) is 5.41 Å². The van der Waals surface area contributed by atoms with Gasteiger partial charge in [-0.1, -0.05) is 33.8 Å². The van der Waals surface area contributed by atoms with E-state index in [2.05, 4.69) is 45.5 Å². The van der Waals surface area contributed by atoms with Crippen molar-refractivity contribution in [1.29, 1.82) is 0 Å². The Bertz CT molecular complexity index is 154. The Balaban J connectivity index is 3.86. The molecule has 70 valence electrons. The van der Waals surface area contributed by atoms with Crippen molar-refractivity contribution < 1.29 is 0 Å². The van der Waals surface area contributed by atoms with Gasteiger partial charge < -0.3 is 0 Å². The summed E-state index contributed by atoms with van der Waals surface area (Å²) >= 11 is 0. The Morgan fingerprint density at radius 1 is 1.42 bits per heavy atom. The molecule has 0 bridgehead atoms. The van der Waals surface area contributed by atoms with Gasteiger partial charge in [0.05, 0.1) is 0 Å². The quantitative estimate of drug-likeness (QED) is 0.440. The largest absolute Gasteiger partial charge is 0.297 e. The zero-order valence-electron chi connectivity index (χ0n) is 8.80. The summed E-state index contributed by atoms with van der Waals surface area (Å²) in [5.41, 5.74) is 0.177. The highest BCUT2D eigenvalue weighted by molar-refractivity contribution is 5.64. The van der Waals surface area contributed by atoms with Crippen molar-refractivity contribution in [3.63, 3.8) is 0 Å². The van der Waals surface area contributed by atoms with Gasteiger partial charge in [0.15, 0.2) is 0 Å². The summed E-state index contributed by atoms with van der Waals surface area (Å²) in [5.74, 6) is 0.654. The average molecular weight is 167 g/mol. The minimum Gasteiger partial charge on any atom is -0.297 e. The van der Waals surface area contributed by atoms with Crippen molar-refractivity contribution in [2.45, 2.75) is 34.1 Å². The molecule has 1 heteroatoms. The molecular formula is C11H21N. The van der Waals surface area contributed by atoms with Crippen molar-refractivity contribution in [3.05, 3.63) is 12.7 Å². The van der Waals surface area contributed by atoms with Gasteiger partial charge in [0.2, 0.25) is 0 Å². The smallest absolute Gasteiger partial charge is 0.0408 e. The van der Waals surface area contributed by atoms with Crippen molar-refractivity contribution in [1.82, 2.24) is 0 Å². The first-order chi connectivity index (χ1) is 5.48. The predicted octanol–water partition coefficient (Wildman–Crippen LogP) is 3.32. The van der Waals surface area contributed by atoms with E-state index in [9.17, 15) is 0 Å². The number of aliphatic imine (C=N–C) groups is 1. The first-order valence-corrected chi connectivity index (χ1v) is 4.60. The molecule has 0 fully saturated rings. The molecule has 0 radical (unpaired) electrons. The van der Waals surface area contributed by atoms with Crippen LogP contribution in [-0.2, 0) is 0 Å². The fraction of sp³-hybridized carbons (Fsp3) is 0.727. The highest BCUT2D eigenvalue weighted by Gasteiger charge is 2.11. The third kappa shape index (κ3) is 6.14. The molecule has 0 aliphatic carbocycles. The van der Waals surface area contributed by atoms with E-state index in [4.69, 9.17) is 0 Å². The van der Waals surface area contributed by atoms with Crippen LogP contribution in [0.1, 0.15) is 34.1 Å². The van der Waals surface area contributed by atoms with E-state index in [1.165, 1.54) is 0 Å². The second kappa shape index (κ2) is 5.13. The number of rotatable bonds is 5. The highest BCUT2D eigenvalue weighted by atomic mass is 14.7. The standard InChI is InChI=1S/C11H21N/c1-6-7-11(4,5)9-12-8-10(2)3/h6,9-10H,1,7-8H2,2-5H3. The first kappa shape index (κ1) is 11.4. The van der Waals surface area contributed by atoms with Crippen LogP contribution in [0.25, 0.3) is 0 Å². The molecule has 0 aromatic heterocycles. The van der Waals surface area contributed by atoms with Gasteiger partial charge in [0.25, 0.3) is 0 Å². The van der Waals surface area contributed by atoms with Crippen LogP contribution in [0.4, 0.5) is 0 Å². The molecule has 0 aromatic carbocycles. The van der Waals surface area contributed by atoms with Gasteiger partial charge >= 0.3 is 0 Å². The fourth-order valence-corrected chi connectivity index (χ4v) is 0.935. The van der Waals surface area contributed by atoms with Gasteiger partial charge in [0, 0.05) is 18.2 Å². The molecule has 0 saturated heterocycles. The highest BCUT2D eigenvalue weighted by Crippen LogP contribution is 2.17. The van der Waals surface area contributed by atoms with Crippen LogP contribution >= 0.6 is 0 Å². The first-order valence-electron chi connectivity index (χ1n) is 4.60. The van der Waals surface area contributed by atoms with E-state index < -0.39 is 0 Å². The SMILES string of the molecule is C=CCC(C)(C)C=NCC(C)C. The summed E-state index contributed by atoms with van der Waals surface area (Å²) < 4.78 is 0. The van der Waals surface area contributed by atoms with Crippen LogP contribution in [0, 0.1) is 11.3 Å². The Kier molecular flexibility index (Phi) is 4.87. The van der Waals surface area contributed by atoms with Crippen molar-refractivity contribution in [2.24, 2.45) is 16.3 Å². The molecular weight excluding hydrogens is 146 g/mol. The zero-order chi connectivity index (χ0) is 9.61. The lowest BCUT2D eigenvalue weighted by atomic mass is 9.91. The third-order valence-electron chi connectivity index (χ3n) is 1.58. The number of allylic oxidation sites excluding steroid dienone is 1. The van der Waals surface area contributed by atoms with Gasteiger partial charge in [-0.05, 0) is 12.3 Å². The van der Waals surface area contributed by atoms with E-state index in [1.807, 2.05) is 6.08 Å². The maximum Gasteiger partial charge on any atom is 0.0408 e. The Labute approximate surface area is 76.6 Å². The molecule has 0 aromatic rings. The van der Waals surface area contributed by atoms with E-state index in [0.717, 1.165) is 13.0 Å². The molecule has 1 nitrogen and oxygen atoms in total. The van der Waals surface area contributed by atoms with Crippen LogP contribution in [0.15, 0.2) is 17.6 Å². The maximum atomic E-state index is 4.39. The fourth-order valence-electron chi connectivity index (χ4n) is 0.935. The van der Waals surface area contributed by atoms with E-state index in [0.29, 0.717) is 5.92 Å². The normalized spacial score (nSPS) is 12.8. The van der Waals surface area contributed by atoms with E-state index >= 15 is 0 Å². The van der Waals surface area contributed by atoms with Crippen LogP contribution in [0.2, 0.25) is 0 Å². The van der Waals surface area contributed by atoms with Gasteiger partial charge in [-0.15, -0.1) is 6.58 Å². The summed E-state index contributed by atoms with van der Waals surface area (Å²) in [6.45, 7) is 13.4. The van der Waals surface area contributed by atoms with Crippen LogP contribution in [0.3, 0.4) is 0 Å². The van der Waals surface area contributed by atoms with E-state index in [1.54, 1.807) is 0 Å². The molecule has 12 heavy (non-hydrogen) atoms. The van der Waals surface area contributed by atoms with Crippen molar-refractivity contribution in [2.75, 3.05) is 6.54 Å². The summed E-state index contributed by atoms with van der Waals surface area (Å²) in [4.78, 5) is 4.39. The molecule has 0 N–H and O–H groups in total. The molecule has 0 rings (SSSR count). The third-order valence-corrected chi connectivity index (χ3v) is 1.58. The lowest BCUT2D eigenvalue weighted by molar-refractivity contribution is 0.540. The second-order valence-corrected chi connectivity index (χ2v) is 4.37. The van der Waals surface area contributed by atoms with Gasteiger partial charge in [-0.2, -0.15) is 0 Å². The predicted molar refractivity (Wildman–Crippen MR) is 56.8 cm³/mol. The lowest BCUT2D eigenvalue weighted by Gasteiger charge is -2.16. The molecule has 0 atom stereocenters. The molecule has 0 unspecified atom stereocenters.